The van der Waals surface area contributed by atoms with Gasteiger partial charge in [0.1, 0.15) is 0 Å². The van der Waals surface area contributed by atoms with Gasteiger partial charge in [0.2, 0.25) is 0 Å². The number of aliphatic hydroxyl groups excluding tert-OH is 1. The van der Waals surface area contributed by atoms with Crippen LogP contribution in [0.3, 0.4) is 0 Å². The number of aliphatic hydroxyl groups is 1. The van der Waals surface area contributed by atoms with E-state index in [1.165, 1.54) is 19.3 Å². The Morgan fingerprint density at radius 3 is 2.64 bits per heavy atom. The fourth-order valence-electron chi connectivity index (χ4n) is 2.40. The molecule has 0 unspecified atom stereocenters. The zero-order valence-corrected chi connectivity index (χ0v) is 7.05. The third-order valence-electron chi connectivity index (χ3n) is 3.39. The van der Waals surface area contributed by atoms with Gasteiger partial charge in [0.05, 0.1) is 12.2 Å². The predicted molar refractivity (Wildman–Crippen MR) is 42.3 cm³/mol. The molecule has 2 nitrogen and oxygen atoms in total. The van der Waals surface area contributed by atoms with Crippen molar-refractivity contribution < 1.29 is 9.84 Å². The van der Waals surface area contributed by atoms with E-state index in [4.69, 9.17) is 4.74 Å². The lowest BCUT2D eigenvalue weighted by atomic mass is 9.52. The molecule has 0 aromatic heterocycles. The fraction of sp³-hybridized carbons (Fsp3) is 1.00. The fourth-order valence-corrected chi connectivity index (χ4v) is 2.40. The number of hydrogen-bond donors (Lipinski definition) is 1. The van der Waals surface area contributed by atoms with E-state index in [1.807, 2.05) is 6.92 Å². The van der Waals surface area contributed by atoms with Gasteiger partial charge in [-0.25, -0.2) is 0 Å². The van der Waals surface area contributed by atoms with E-state index in [0.717, 1.165) is 13.0 Å². The van der Waals surface area contributed by atoms with Crippen molar-refractivity contribution in [1.82, 2.24) is 0 Å². The van der Waals surface area contributed by atoms with Gasteiger partial charge in [-0.1, -0.05) is 6.42 Å². The summed E-state index contributed by atoms with van der Waals surface area (Å²) in [5, 5.41) is 9.54. The van der Waals surface area contributed by atoms with Gasteiger partial charge < -0.3 is 9.84 Å². The zero-order valence-electron chi connectivity index (χ0n) is 7.05. The summed E-state index contributed by atoms with van der Waals surface area (Å²) in [6, 6.07) is 0. The van der Waals surface area contributed by atoms with Crippen LogP contribution in [0.2, 0.25) is 0 Å². The summed E-state index contributed by atoms with van der Waals surface area (Å²) in [5.41, 5.74) is 0.204. The molecule has 0 bridgehead atoms. The molecule has 2 atom stereocenters. The molecule has 2 rings (SSSR count). The third-order valence-corrected chi connectivity index (χ3v) is 3.39. The Morgan fingerprint density at radius 2 is 2.27 bits per heavy atom. The van der Waals surface area contributed by atoms with Gasteiger partial charge in [-0.2, -0.15) is 0 Å². The summed E-state index contributed by atoms with van der Waals surface area (Å²) in [6.07, 6.45) is 4.82. The van der Waals surface area contributed by atoms with Crippen LogP contribution in [0.1, 0.15) is 32.6 Å². The first-order valence-electron chi connectivity index (χ1n) is 4.59. The van der Waals surface area contributed by atoms with Gasteiger partial charge in [-0.3, -0.25) is 0 Å². The quantitative estimate of drug-likeness (QED) is 0.653. The normalized spacial score (nSPS) is 39.8. The molecule has 0 heterocycles. The van der Waals surface area contributed by atoms with Crippen LogP contribution < -0.4 is 0 Å². The molecule has 2 aliphatic rings. The maximum absolute atomic E-state index is 9.54. The van der Waals surface area contributed by atoms with Crippen molar-refractivity contribution in [2.75, 3.05) is 6.61 Å². The van der Waals surface area contributed by atoms with Crippen molar-refractivity contribution in [3.8, 4) is 0 Å². The van der Waals surface area contributed by atoms with Crippen LogP contribution >= 0.6 is 0 Å². The monoisotopic (exact) mass is 156 g/mol. The molecule has 2 aliphatic carbocycles. The molecule has 0 aromatic rings. The van der Waals surface area contributed by atoms with Crippen molar-refractivity contribution in [1.29, 1.82) is 0 Å². The van der Waals surface area contributed by atoms with Crippen molar-refractivity contribution in [3.63, 3.8) is 0 Å². The van der Waals surface area contributed by atoms with Crippen LogP contribution in [0, 0.1) is 5.41 Å². The Labute approximate surface area is 67.6 Å². The standard InChI is InChI=1S/C9H16O2/c1-2-11-8-6-7(10)9(8)4-3-5-9/h7-8,10H,2-6H2,1H3/t7-,8-/m0/s1. The summed E-state index contributed by atoms with van der Waals surface area (Å²) >= 11 is 0. The molecule has 2 saturated carbocycles. The highest BCUT2D eigenvalue weighted by molar-refractivity contribution is 5.08. The topological polar surface area (TPSA) is 29.5 Å². The molecule has 2 heteroatoms. The minimum Gasteiger partial charge on any atom is -0.392 e. The summed E-state index contributed by atoms with van der Waals surface area (Å²) < 4.78 is 5.55. The highest BCUT2D eigenvalue weighted by atomic mass is 16.5. The second-order valence-electron chi connectivity index (χ2n) is 3.78. The average Bonchev–Trinajstić information content (AvgIpc) is 1.83. The van der Waals surface area contributed by atoms with E-state index in [2.05, 4.69) is 0 Å². The van der Waals surface area contributed by atoms with E-state index in [0.29, 0.717) is 6.10 Å². The van der Waals surface area contributed by atoms with Crippen LogP contribution in [0.15, 0.2) is 0 Å². The second kappa shape index (κ2) is 2.46. The molecular weight excluding hydrogens is 140 g/mol. The molecule has 0 amide bonds. The molecule has 0 saturated heterocycles. The maximum Gasteiger partial charge on any atom is 0.0680 e. The van der Waals surface area contributed by atoms with E-state index in [-0.39, 0.29) is 11.5 Å². The molecule has 1 spiro atoms. The Hall–Kier alpha value is -0.0800. The molecule has 2 fully saturated rings. The average molecular weight is 156 g/mol. The summed E-state index contributed by atoms with van der Waals surface area (Å²) in [5.74, 6) is 0. The van der Waals surface area contributed by atoms with Gasteiger partial charge in [0, 0.05) is 18.4 Å². The molecule has 0 radical (unpaired) electrons. The zero-order chi connectivity index (χ0) is 7.90. The maximum atomic E-state index is 9.54. The number of hydrogen-bond acceptors (Lipinski definition) is 2. The second-order valence-corrected chi connectivity index (χ2v) is 3.78. The van der Waals surface area contributed by atoms with Crippen molar-refractivity contribution >= 4 is 0 Å². The first-order valence-corrected chi connectivity index (χ1v) is 4.59. The largest absolute Gasteiger partial charge is 0.392 e. The van der Waals surface area contributed by atoms with Crippen LogP contribution in [0.4, 0.5) is 0 Å². The van der Waals surface area contributed by atoms with Crippen LogP contribution in [0.25, 0.3) is 0 Å². The Morgan fingerprint density at radius 1 is 1.55 bits per heavy atom. The predicted octanol–water partition coefficient (Wildman–Crippen LogP) is 1.33. The lowest BCUT2D eigenvalue weighted by molar-refractivity contribution is -0.224. The smallest absolute Gasteiger partial charge is 0.0680 e. The SMILES string of the molecule is CCO[C@H]1C[C@H](O)C12CCC2. The van der Waals surface area contributed by atoms with Crippen LogP contribution in [0.5, 0.6) is 0 Å². The Bertz CT molecular complexity index is 150. The van der Waals surface area contributed by atoms with Crippen LogP contribution in [-0.4, -0.2) is 23.9 Å². The number of rotatable bonds is 2. The number of ether oxygens (including phenoxy) is 1. The molecule has 1 N–H and O–H groups in total. The molecule has 0 aromatic carbocycles. The van der Waals surface area contributed by atoms with E-state index >= 15 is 0 Å². The van der Waals surface area contributed by atoms with E-state index < -0.39 is 0 Å². The first-order chi connectivity index (χ1) is 5.29. The molecule has 11 heavy (non-hydrogen) atoms. The minimum absolute atomic E-state index is 0.0622. The summed E-state index contributed by atoms with van der Waals surface area (Å²) in [4.78, 5) is 0. The van der Waals surface area contributed by atoms with Crippen molar-refractivity contribution in [3.05, 3.63) is 0 Å². The van der Waals surface area contributed by atoms with E-state index in [9.17, 15) is 5.11 Å². The summed E-state index contributed by atoms with van der Waals surface area (Å²) in [6.45, 7) is 2.82. The minimum atomic E-state index is -0.0622. The lowest BCUT2D eigenvalue weighted by Crippen LogP contribution is -2.61. The highest BCUT2D eigenvalue weighted by Crippen LogP contribution is 2.57. The highest BCUT2D eigenvalue weighted by Gasteiger charge is 2.58. The Kier molecular flexibility index (Phi) is 1.69. The molecule has 0 aliphatic heterocycles. The molecule has 64 valence electrons. The van der Waals surface area contributed by atoms with Crippen molar-refractivity contribution in [2.45, 2.75) is 44.8 Å². The van der Waals surface area contributed by atoms with Crippen LogP contribution in [-0.2, 0) is 4.74 Å². The van der Waals surface area contributed by atoms with Gasteiger partial charge in [0.15, 0.2) is 0 Å². The Balaban J connectivity index is 1.94. The van der Waals surface area contributed by atoms with Gasteiger partial charge in [-0.15, -0.1) is 0 Å². The van der Waals surface area contributed by atoms with Gasteiger partial charge in [0.25, 0.3) is 0 Å². The lowest BCUT2D eigenvalue weighted by Gasteiger charge is -2.58. The first kappa shape index (κ1) is 7.56. The van der Waals surface area contributed by atoms with E-state index in [1.54, 1.807) is 0 Å². The van der Waals surface area contributed by atoms with Gasteiger partial charge >= 0.3 is 0 Å². The molecular formula is C9H16O2. The van der Waals surface area contributed by atoms with Crippen molar-refractivity contribution in [2.24, 2.45) is 5.41 Å². The third kappa shape index (κ3) is 0.859. The summed E-state index contributed by atoms with van der Waals surface area (Å²) in [7, 11) is 0. The van der Waals surface area contributed by atoms with Gasteiger partial charge in [-0.05, 0) is 19.8 Å².